The molecule has 0 N–H and O–H groups in total. The third-order valence-electron chi connectivity index (χ3n) is 16.5. The van der Waals surface area contributed by atoms with Gasteiger partial charge in [-0.15, -0.1) is 0 Å². The first kappa shape index (κ1) is 80.1. The van der Waals surface area contributed by atoms with Crippen LogP contribution in [-0.2, 0) is 28.6 Å². The van der Waals surface area contributed by atoms with E-state index < -0.39 is 6.10 Å². The Hall–Kier alpha value is -2.89. The fourth-order valence-electron chi connectivity index (χ4n) is 11.0. The number of allylic oxidation sites excluding steroid dienone is 10. The molecule has 0 fully saturated rings. The number of ether oxygens (including phenoxy) is 3. The van der Waals surface area contributed by atoms with Crippen molar-refractivity contribution < 1.29 is 28.6 Å². The molecule has 0 aliphatic rings. The van der Waals surface area contributed by atoms with E-state index >= 15 is 0 Å². The Balaban J connectivity index is 4.17. The van der Waals surface area contributed by atoms with Gasteiger partial charge in [-0.25, -0.2) is 0 Å². The Labute approximate surface area is 517 Å². The topological polar surface area (TPSA) is 78.9 Å². The van der Waals surface area contributed by atoms with Gasteiger partial charge < -0.3 is 14.2 Å². The monoisotopic (exact) mass is 1160 g/mol. The number of hydrogen-bond donors (Lipinski definition) is 0. The van der Waals surface area contributed by atoms with Gasteiger partial charge in [0.05, 0.1) is 0 Å². The highest BCUT2D eigenvalue weighted by atomic mass is 16.6. The third-order valence-corrected chi connectivity index (χ3v) is 16.5. The first-order valence-corrected chi connectivity index (χ1v) is 36.8. The zero-order valence-corrected chi connectivity index (χ0v) is 55.7. The second-order valence-electron chi connectivity index (χ2n) is 24.8. The summed E-state index contributed by atoms with van der Waals surface area (Å²) in [5, 5.41) is 0. The molecule has 6 heteroatoms. The van der Waals surface area contributed by atoms with E-state index in [1.54, 1.807) is 0 Å². The molecule has 6 nitrogen and oxygen atoms in total. The Morgan fingerprint density at radius 2 is 0.470 bits per heavy atom. The summed E-state index contributed by atoms with van der Waals surface area (Å²) in [4.78, 5) is 38.4. The van der Waals surface area contributed by atoms with Crippen molar-refractivity contribution in [3.8, 4) is 0 Å². The number of hydrogen-bond acceptors (Lipinski definition) is 6. The van der Waals surface area contributed by atoms with E-state index in [4.69, 9.17) is 14.2 Å². The molecule has 0 aliphatic carbocycles. The second-order valence-corrected chi connectivity index (χ2v) is 24.8. The lowest BCUT2D eigenvalue weighted by atomic mass is 10.0. The predicted molar refractivity (Wildman–Crippen MR) is 362 cm³/mol. The molecule has 0 bridgehead atoms. The van der Waals surface area contributed by atoms with Crippen LogP contribution in [0.1, 0.15) is 393 Å². The van der Waals surface area contributed by atoms with Crippen molar-refractivity contribution in [2.45, 2.75) is 399 Å². The molecule has 0 aliphatic heterocycles. The van der Waals surface area contributed by atoms with Gasteiger partial charge in [0, 0.05) is 19.3 Å². The van der Waals surface area contributed by atoms with Gasteiger partial charge in [0.15, 0.2) is 6.10 Å². The molecular weight excluding hydrogens is 1020 g/mol. The number of carbonyl (C=O) groups excluding carboxylic acids is 3. The van der Waals surface area contributed by atoms with Crippen molar-refractivity contribution in [2.75, 3.05) is 13.2 Å². The lowest BCUT2D eigenvalue weighted by Crippen LogP contribution is -2.30. The van der Waals surface area contributed by atoms with Crippen molar-refractivity contribution in [3.63, 3.8) is 0 Å². The smallest absolute Gasteiger partial charge is 0.306 e. The summed E-state index contributed by atoms with van der Waals surface area (Å²) in [5.74, 6) is -0.865. The Kier molecular flexibility index (Phi) is 69.1. The number of esters is 3. The Bertz CT molecular complexity index is 1470. The highest BCUT2D eigenvalue weighted by Gasteiger charge is 2.19. The zero-order valence-electron chi connectivity index (χ0n) is 55.7. The molecule has 1 unspecified atom stereocenters. The molecule has 0 amide bonds. The van der Waals surface area contributed by atoms with Crippen molar-refractivity contribution in [1.29, 1.82) is 0 Å². The quantitative estimate of drug-likeness (QED) is 0.0261. The van der Waals surface area contributed by atoms with E-state index in [1.807, 2.05) is 0 Å². The van der Waals surface area contributed by atoms with Gasteiger partial charge >= 0.3 is 17.9 Å². The van der Waals surface area contributed by atoms with Crippen LogP contribution in [0.25, 0.3) is 0 Å². The predicted octanol–water partition coefficient (Wildman–Crippen LogP) is 25.5. The van der Waals surface area contributed by atoms with Crippen LogP contribution in [0.15, 0.2) is 60.8 Å². The van der Waals surface area contributed by atoms with E-state index in [0.29, 0.717) is 19.3 Å². The second kappa shape index (κ2) is 71.6. The molecule has 0 spiro atoms. The van der Waals surface area contributed by atoms with Crippen molar-refractivity contribution >= 4 is 17.9 Å². The molecule has 0 aromatic rings. The molecule has 0 aromatic heterocycles. The molecule has 0 radical (unpaired) electrons. The lowest BCUT2D eigenvalue weighted by Gasteiger charge is -2.18. The van der Waals surface area contributed by atoms with Crippen molar-refractivity contribution in [3.05, 3.63) is 60.8 Å². The Morgan fingerprint density at radius 3 is 0.771 bits per heavy atom. The van der Waals surface area contributed by atoms with Gasteiger partial charge in [-0.2, -0.15) is 0 Å². The molecule has 0 rings (SSSR count). The van der Waals surface area contributed by atoms with Crippen LogP contribution >= 0.6 is 0 Å². The average molecular weight is 1160 g/mol. The van der Waals surface area contributed by atoms with Crippen LogP contribution < -0.4 is 0 Å². The normalized spacial score (nSPS) is 12.4. The molecule has 1 atom stereocenters. The number of unbranched alkanes of at least 4 members (excludes halogenated alkanes) is 47. The molecule has 0 saturated carbocycles. The SMILES string of the molecule is CC/C=C\C/C=C\C/C=C\C/C=C\CCCCCCCCCCCCC(=O)OC(COC(=O)CCCCCCC/C=C\CCCCC)COC(=O)CCCCCCCCCCCCCCCCCCCCCCCCCCCCCCCC. The van der Waals surface area contributed by atoms with Gasteiger partial charge in [-0.05, 0) is 83.5 Å². The standard InChI is InChI=1S/C77H140O6/c1-4-7-10-13-16-19-22-25-27-29-31-33-35-36-37-38-39-40-41-43-44-46-48-50-52-55-58-61-64-67-70-76(79)82-73-74(72-81-75(78)69-66-63-60-57-54-24-21-18-15-12-9-6-3)83-77(80)71-68-65-62-59-56-53-51-49-47-45-42-34-32-30-28-26-23-20-17-14-11-8-5-2/h8,11,17-18,20-21,26,28,32,34,74H,4-7,9-10,12-16,19,22-25,27,29-31,33,35-73H2,1-3H3/b11-8-,20-17-,21-18-,28-26-,34-32-. The molecular formula is C77H140O6. The van der Waals surface area contributed by atoms with Crippen LogP contribution in [0.4, 0.5) is 0 Å². The first-order valence-electron chi connectivity index (χ1n) is 36.8. The van der Waals surface area contributed by atoms with Crippen LogP contribution in [0, 0.1) is 0 Å². The summed E-state index contributed by atoms with van der Waals surface area (Å²) in [5.41, 5.74) is 0. The maximum atomic E-state index is 13.0. The summed E-state index contributed by atoms with van der Waals surface area (Å²) >= 11 is 0. The lowest BCUT2D eigenvalue weighted by molar-refractivity contribution is -0.167. The molecule has 0 heterocycles. The number of carbonyl (C=O) groups is 3. The summed E-state index contributed by atoms with van der Waals surface area (Å²) in [6, 6.07) is 0. The average Bonchev–Trinajstić information content (AvgIpc) is 3.49. The minimum Gasteiger partial charge on any atom is -0.462 e. The summed E-state index contributed by atoms with van der Waals surface area (Å²) in [6.45, 7) is 6.56. The third kappa shape index (κ3) is 69.8. The van der Waals surface area contributed by atoms with Crippen LogP contribution in [0.5, 0.6) is 0 Å². The zero-order chi connectivity index (χ0) is 59.9. The maximum Gasteiger partial charge on any atom is 0.306 e. The summed E-state index contributed by atoms with van der Waals surface area (Å²) < 4.78 is 17.0. The minimum atomic E-state index is -0.780. The highest BCUT2D eigenvalue weighted by Crippen LogP contribution is 2.19. The number of rotatable bonds is 68. The van der Waals surface area contributed by atoms with Crippen molar-refractivity contribution in [1.82, 2.24) is 0 Å². The largest absolute Gasteiger partial charge is 0.462 e. The minimum absolute atomic E-state index is 0.0745. The highest BCUT2D eigenvalue weighted by molar-refractivity contribution is 5.71. The van der Waals surface area contributed by atoms with E-state index in [1.165, 1.54) is 263 Å². The Morgan fingerprint density at radius 1 is 0.253 bits per heavy atom. The van der Waals surface area contributed by atoms with Gasteiger partial charge in [-0.3, -0.25) is 14.4 Å². The van der Waals surface area contributed by atoms with Gasteiger partial charge in [-0.1, -0.05) is 351 Å². The van der Waals surface area contributed by atoms with E-state index in [2.05, 4.69) is 81.5 Å². The molecule has 0 aromatic carbocycles. The first-order chi connectivity index (χ1) is 41.0. The van der Waals surface area contributed by atoms with E-state index in [-0.39, 0.29) is 31.1 Å². The fourth-order valence-corrected chi connectivity index (χ4v) is 11.0. The van der Waals surface area contributed by atoms with Crippen LogP contribution in [0.3, 0.4) is 0 Å². The van der Waals surface area contributed by atoms with Gasteiger partial charge in [0.2, 0.25) is 0 Å². The van der Waals surface area contributed by atoms with Crippen molar-refractivity contribution in [2.24, 2.45) is 0 Å². The molecule has 0 saturated heterocycles. The van der Waals surface area contributed by atoms with Gasteiger partial charge in [0.25, 0.3) is 0 Å². The fraction of sp³-hybridized carbons (Fsp3) is 0.831. The van der Waals surface area contributed by atoms with Gasteiger partial charge in [0.1, 0.15) is 13.2 Å². The van der Waals surface area contributed by atoms with E-state index in [0.717, 1.165) is 89.9 Å². The maximum absolute atomic E-state index is 13.0. The summed E-state index contributed by atoms with van der Waals surface area (Å²) in [6.07, 6.45) is 92.7. The molecule has 83 heavy (non-hydrogen) atoms. The molecule has 484 valence electrons. The van der Waals surface area contributed by atoms with Crippen LogP contribution in [0.2, 0.25) is 0 Å². The summed E-state index contributed by atoms with van der Waals surface area (Å²) in [7, 11) is 0. The van der Waals surface area contributed by atoms with Crippen LogP contribution in [-0.4, -0.2) is 37.2 Å². The van der Waals surface area contributed by atoms with E-state index in [9.17, 15) is 14.4 Å².